The summed E-state index contributed by atoms with van der Waals surface area (Å²) in [5.41, 5.74) is 20.5. The fourth-order valence-corrected chi connectivity index (χ4v) is 12.0. The smallest absolute Gasteiger partial charge is 0.335 e. The topological polar surface area (TPSA) is 210 Å². The van der Waals surface area contributed by atoms with Gasteiger partial charge in [-0.2, -0.15) is 0 Å². The summed E-state index contributed by atoms with van der Waals surface area (Å²) in [5, 5.41) is 17.5. The second kappa shape index (κ2) is 50.3. The largest absolute Gasteiger partial charge is 0.494 e. The molecule has 6 aromatic carbocycles. The van der Waals surface area contributed by atoms with Crippen LogP contribution in [0.25, 0.3) is 16.7 Å². The molecule has 3 aliphatic rings. The maximum atomic E-state index is 12.3. The van der Waals surface area contributed by atoms with Crippen molar-refractivity contribution < 1.29 is 71.1 Å². The van der Waals surface area contributed by atoms with Crippen LogP contribution >= 0.6 is 0 Å². The average molecular weight is 1590 g/mol. The van der Waals surface area contributed by atoms with Gasteiger partial charge < -0.3 is 59.4 Å². The van der Waals surface area contributed by atoms with Crippen LogP contribution in [0.2, 0.25) is 0 Å². The SMILES string of the molecule is C=[N+](C)C.CCCOCCOCCNC(=O)CCC(=O)NCCNC(=O)CCCOc1ccc(C(=C2C=CC(=[N+](C)C)C=C2)c2ccc(N(C)C)cc2)cc1.CCOC(=O)CCCOc1ccc(C(=C2C=CC(=[N+](C)C)C=C2)c2ccc(N(C)C)cc2)cc1.CN(C)c1ccc(C(=C2C=CC(=[N+](C)C)C=C2)c2ccc(C(=O)O)cc2)cc1. The first-order chi connectivity index (χ1) is 56.2. The number of nitrogens with zero attached hydrogens (tertiary/aromatic N) is 7. The lowest BCUT2D eigenvalue weighted by atomic mass is 9.90. The number of hydrogen-bond donors (Lipinski definition) is 4. The fourth-order valence-electron chi connectivity index (χ4n) is 12.0. The lowest BCUT2D eigenvalue weighted by Gasteiger charge is -2.17. The molecule has 117 heavy (non-hydrogen) atoms. The van der Waals surface area contributed by atoms with Crippen LogP contribution in [0.3, 0.4) is 0 Å². The molecule has 620 valence electrons. The number of anilines is 3. The average Bonchev–Trinajstić information content (AvgIpc) is 0.812. The molecule has 0 aliphatic heterocycles. The molecule has 0 unspecified atom stereocenters. The van der Waals surface area contributed by atoms with Gasteiger partial charge >= 0.3 is 11.9 Å². The van der Waals surface area contributed by atoms with Crippen molar-refractivity contribution in [1.29, 1.82) is 0 Å². The second-order valence-corrected chi connectivity index (χ2v) is 29.3. The van der Waals surface area contributed by atoms with Gasteiger partial charge in [0.05, 0.1) is 45.2 Å². The van der Waals surface area contributed by atoms with E-state index in [-0.39, 0.29) is 42.1 Å². The molecule has 3 aliphatic carbocycles. The summed E-state index contributed by atoms with van der Waals surface area (Å²) >= 11 is 0. The standard InChI is InChI=1S/C40H55N5O6.C29H35N2O3.C24H24N2O2.C3H8N/c1-6-26-49-29-30-50-28-25-43-39(48)22-21-38(47)42-24-23-41-37(46)8-7-27-51-36-19-13-33(14-20-36)40(31-9-15-34(16-10-31)44(2)3)32-11-17-35(18-12-32)45(4)5;1-6-33-28(32)8-7-21-34-27-19-13-24(14-20-27)29(22-9-15-25(16-10-22)30(2)3)23-11-17-26(18-12-23)31(4)5;1-25(2)21-13-9-18(10-14-21)23(17-5-7-20(8-6-17)24(27)28)19-11-15-22(16-12-19)26(3)4;1-4(2)3/h9-20H,6-8,21-30H2,1-5H3,(H2-,41,42,43,46,47,48);9-20H,6-8,21H2,1-5H3;5-16H,1-4H3;1H2,2-3H3/q;+1;;+1/p+2. The van der Waals surface area contributed by atoms with Crippen LogP contribution in [0.1, 0.15) is 103 Å². The van der Waals surface area contributed by atoms with Gasteiger partial charge in [-0.15, -0.1) is 0 Å². The summed E-state index contributed by atoms with van der Waals surface area (Å²) in [5.74, 6) is -0.124. The van der Waals surface area contributed by atoms with Crippen molar-refractivity contribution in [3.8, 4) is 11.5 Å². The molecule has 0 fully saturated rings. The zero-order chi connectivity index (χ0) is 85.2. The number of esters is 1. The zero-order valence-electron chi connectivity index (χ0n) is 71.7. The monoisotopic (exact) mass is 1590 g/mol. The number of carboxylic acids is 1. The molecular weight excluding hydrogens is 1470 g/mol. The minimum absolute atomic E-state index is 0.0803. The highest BCUT2D eigenvalue weighted by Crippen LogP contribution is 2.35. The number of rotatable bonds is 35. The van der Waals surface area contributed by atoms with Crippen LogP contribution in [0.5, 0.6) is 11.5 Å². The lowest BCUT2D eigenvalue weighted by molar-refractivity contribution is -0.462. The van der Waals surface area contributed by atoms with E-state index >= 15 is 0 Å². The Labute approximate surface area is 694 Å². The van der Waals surface area contributed by atoms with Crippen molar-refractivity contribution in [3.05, 3.63) is 274 Å². The highest BCUT2D eigenvalue weighted by atomic mass is 16.5. The Morgan fingerprint density at radius 1 is 0.359 bits per heavy atom. The van der Waals surface area contributed by atoms with Crippen molar-refractivity contribution in [2.24, 2.45) is 0 Å². The van der Waals surface area contributed by atoms with Gasteiger partial charge in [0, 0.05) is 148 Å². The molecule has 4 N–H and O–H groups in total. The van der Waals surface area contributed by atoms with E-state index in [1.165, 1.54) is 5.57 Å². The number of hydrogen-bond acceptors (Lipinski definition) is 13. The van der Waals surface area contributed by atoms with Crippen LogP contribution in [0.15, 0.2) is 235 Å². The van der Waals surface area contributed by atoms with Gasteiger partial charge in [0.15, 0.2) is 17.1 Å². The van der Waals surface area contributed by atoms with Crippen LogP contribution < -0.4 is 40.1 Å². The van der Waals surface area contributed by atoms with E-state index in [4.69, 9.17) is 23.7 Å². The Hall–Kier alpha value is -12.1. The Balaban J connectivity index is 0.000000279. The third kappa shape index (κ3) is 33.0. The highest BCUT2D eigenvalue weighted by Gasteiger charge is 2.19. The number of amides is 3. The molecule has 21 heteroatoms. The van der Waals surface area contributed by atoms with E-state index in [9.17, 15) is 29.1 Å². The van der Waals surface area contributed by atoms with Crippen molar-refractivity contribution in [2.45, 2.75) is 58.8 Å². The minimum Gasteiger partial charge on any atom is -0.494 e. The molecule has 3 amide bonds. The maximum Gasteiger partial charge on any atom is 0.335 e. The summed E-state index contributed by atoms with van der Waals surface area (Å²) in [4.78, 5) is 65.2. The van der Waals surface area contributed by atoms with Crippen LogP contribution in [0.4, 0.5) is 17.1 Å². The van der Waals surface area contributed by atoms with Crippen LogP contribution in [0, 0.1) is 0 Å². The summed E-state index contributed by atoms with van der Waals surface area (Å²) in [6.45, 7) is 11.7. The van der Waals surface area contributed by atoms with Gasteiger partial charge in [0.2, 0.25) is 17.7 Å². The lowest BCUT2D eigenvalue weighted by Crippen LogP contribution is -2.35. The van der Waals surface area contributed by atoms with E-state index < -0.39 is 5.97 Å². The molecule has 9 rings (SSSR count). The summed E-state index contributed by atoms with van der Waals surface area (Å²) in [7, 11) is 28.2. The number of carbonyl (C=O) groups excluding carboxylic acids is 4. The quantitative estimate of drug-likeness (QED) is 0.0126. The van der Waals surface area contributed by atoms with E-state index in [1.54, 1.807) is 16.7 Å². The van der Waals surface area contributed by atoms with E-state index in [0.717, 1.165) is 113 Å². The van der Waals surface area contributed by atoms with Gasteiger partial charge in [-0.3, -0.25) is 19.2 Å². The molecule has 0 atom stereocenters. The minimum atomic E-state index is -0.918. The van der Waals surface area contributed by atoms with E-state index in [1.807, 2.05) is 149 Å². The van der Waals surface area contributed by atoms with Gasteiger partial charge in [0.25, 0.3) is 0 Å². The van der Waals surface area contributed by atoms with Crippen molar-refractivity contribution in [3.63, 3.8) is 0 Å². The Morgan fingerprint density at radius 3 is 0.940 bits per heavy atom. The molecular formula is C96H124N10O11+4. The van der Waals surface area contributed by atoms with Gasteiger partial charge in [0.1, 0.15) is 74.6 Å². The maximum absolute atomic E-state index is 12.3. The normalized spacial score (nSPS) is 12.2. The summed E-state index contributed by atoms with van der Waals surface area (Å²) in [6, 6.07) is 48.9. The summed E-state index contributed by atoms with van der Waals surface area (Å²) in [6.07, 6.45) is 28.6. The molecule has 0 aromatic heterocycles. The van der Waals surface area contributed by atoms with E-state index in [2.05, 4.69) is 221 Å². The fraction of sp³-hybridized carbons (Fsp3) is 0.344. The number of ether oxygens (including phenoxy) is 5. The van der Waals surface area contributed by atoms with Gasteiger partial charge in [-0.1, -0.05) is 79.7 Å². The number of nitrogens with one attached hydrogen (secondary N) is 3. The predicted molar refractivity (Wildman–Crippen MR) is 478 cm³/mol. The number of carbonyl (C=O) groups is 5. The van der Waals surface area contributed by atoms with E-state index in [0.29, 0.717) is 91.6 Å². The number of carboxylic acid groups (broad SMARTS) is 1. The number of benzene rings is 6. The molecule has 0 saturated carbocycles. The highest BCUT2D eigenvalue weighted by molar-refractivity contribution is 6.06. The van der Waals surface area contributed by atoms with Crippen molar-refractivity contribution in [2.75, 3.05) is 179 Å². The Kier molecular flexibility index (Phi) is 40.3. The van der Waals surface area contributed by atoms with Crippen LogP contribution in [-0.2, 0) is 33.4 Å². The molecule has 6 aromatic rings. The first-order valence-electron chi connectivity index (χ1n) is 39.8. The Morgan fingerprint density at radius 2 is 0.641 bits per heavy atom. The first-order valence-corrected chi connectivity index (χ1v) is 39.8. The van der Waals surface area contributed by atoms with Gasteiger partial charge in [-0.05, 0) is 202 Å². The predicted octanol–water partition coefficient (Wildman–Crippen LogP) is 13.3. The molecule has 0 bridgehead atoms. The third-order valence-electron chi connectivity index (χ3n) is 18.3. The summed E-state index contributed by atoms with van der Waals surface area (Å²) < 4.78 is 35.4. The molecule has 0 saturated heterocycles. The number of allylic oxidation sites excluding steroid dienone is 15. The molecule has 0 spiro atoms. The molecule has 0 radical (unpaired) electrons. The second-order valence-electron chi connectivity index (χ2n) is 29.3. The van der Waals surface area contributed by atoms with Crippen molar-refractivity contribution >= 4 is 87.3 Å². The zero-order valence-corrected chi connectivity index (χ0v) is 71.7. The number of aromatic carboxylic acids is 1. The Bertz CT molecular complexity index is 4600. The van der Waals surface area contributed by atoms with Crippen LogP contribution in [-0.4, -0.2) is 241 Å². The first kappa shape index (κ1) is 93.8. The third-order valence-corrected chi connectivity index (χ3v) is 18.3. The molecule has 21 nitrogen and oxygen atoms in total. The van der Waals surface area contributed by atoms with Gasteiger partial charge in [-0.25, -0.2) is 23.1 Å². The molecule has 0 heterocycles. The van der Waals surface area contributed by atoms with Crippen molar-refractivity contribution in [1.82, 2.24) is 16.0 Å².